The molecule has 17 heavy (non-hydrogen) atoms. The summed E-state index contributed by atoms with van der Waals surface area (Å²) in [4.78, 5) is 8.83. The van der Waals surface area contributed by atoms with Crippen molar-refractivity contribution in [3.05, 3.63) is 11.4 Å². The van der Waals surface area contributed by atoms with Crippen LogP contribution >= 0.6 is 0 Å². The van der Waals surface area contributed by atoms with E-state index in [2.05, 4.69) is 36.1 Å². The highest BCUT2D eigenvalue weighted by Gasteiger charge is 2.10. The first kappa shape index (κ1) is 13.7. The topological polar surface area (TPSA) is 63.8 Å². The van der Waals surface area contributed by atoms with Crippen molar-refractivity contribution in [2.24, 2.45) is 0 Å². The van der Waals surface area contributed by atoms with Gasteiger partial charge < -0.3 is 11.1 Å². The van der Waals surface area contributed by atoms with Crippen LogP contribution in [0.25, 0.3) is 0 Å². The van der Waals surface area contributed by atoms with Gasteiger partial charge in [0.05, 0.1) is 0 Å². The largest absolute Gasteiger partial charge is 0.383 e. The van der Waals surface area contributed by atoms with Crippen LogP contribution in [-0.2, 0) is 0 Å². The molecular formula is C13H24N4. The summed E-state index contributed by atoms with van der Waals surface area (Å²) in [6, 6.07) is 0. The summed E-state index contributed by atoms with van der Waals surface area (Å²) < 4.78 is 0. The van der Waals surface area contributed by atoms with Crippen molar-refractivity contribution in [3.63, 3.8) is 0 Å². The summed E-state index contributed by atoms with van der Waals surface area (Å²) in [5, 5.41) is 3.35. The molecule has 1 aromatic heterocycles. The Kier molecular flexibility index (Phi) is 5.19. The number of rotatable bonds is 6. The van der Waals surface area contributed by atoms with Gasteiger partial charge in [-0.05, 0) is 13.3 Å². The molecule has 0 fully saturated rings. The number of aromatic nitrogens is 2. The maximum Gasteiger partial charge on any atom is 0.135 e. The summed E-state index contributed by atoms with van der Waals surface area (Å²) in [5.74, 6) is 2.58. The molecule has 1 aromatic rings. The second-order valence-electron chi connectivity index (χ2n) is 4.73. The maximum absolute atomic E-state index is 5.90. The molecule has 0 aromatic carbocycles. The molecule has 0 aliphatic carbocycles. The fourth-order valence-corrected chi connectivity index (χ4v) is 1.56. The van der Waals surface area contributed by atoms with Crippen LogP contribution in [0, 0.1) is 6.92 Å². The van der Waals surface area contributed by atoms with Crippen LogP contribution in [-0.4, -0.2) is 16.5 Å². The zero-order chi connectivity index (χ0) is 12.8. The van der Waals surface area contributed by atoms with Gasteiger partial charge in [0.25, 0.3) is 0 Å². The lowest BCUT2D eigenvalue weighted by atomic mass is 10.2. The molecule has 4 nitrogen and oxygen atoms in total. The van der Waals surface area contributed by atoms with E-state index in [-0.39, 0.29) is 0 Å². The first-order valence-electron chi connectivity index (χ1n) is 6.44. The Hall–Kier alpha value is -1.32. The van der Waals surface area contributed by atoms with E-state index in [1.165, 1.54) is 12.8 Å². The molecule has 0 bridgehead atoms. The zero-order valence-electron chi connectivity index (χ0n) is 11.4. The summed E-state index contributed by atoms with van der Waals surface area (Å²) in [5.41, 5.74) is 6.85. The molecule has 0 amide bonds. The highest BCUT2D eigenvalue weighted by atomic mass is 15.1. The number of unbranched alkanes of at least 4 members (excludes halogenated alkanes) is 2. The van der Waals surface area contributed by atoms with Crippen molar-refractivity contribution >= 4 is 11.6 Å². The molecule has 0 spiro atoms. The van der Waals surface area contributed by atoms with Gasteiger partial charge in [0.15, 0.2) is 0 Å². The molecule has 0 radical (unpaired) electrons. The Balaban J connectivity index is 2.75. The normalized spacial score (nSPS) is 10.9. The van der Waals surface area contributed by atoms with Gasteiger partial charge in [-0.25, -0.2) is 9.97 Å². The molecule has 0 saturated heterocycles. The van der Waals surface area contributed by atoms with Gasteiger partial charge in [-0.2, -0.15) is 0 Å². The van der Waals surface area contributed by atoms with E-state index < -0.39 is 0 Å². The van der Waals surface area contributed by atoms with E-state index in [0.717, 1.165) is 30.2 Å². The van der Waals surface area contributed by atoms with E-state index in [9.17, 15) is 0 Å². The van der Waals surface area contributed by atoms with Gasteiger partial charge in [-0.1, -0.05) is 33.6 Å². The number of nitrogen functional groups attached to an aromatic ring is 1. The summed E-state index contributed by atoms with van der Waals surface area (Å²) in [6.45, 7) is 9.25. The van der Waals surface area contributed by atoms with Gasteiger partial charge in [-0.15, -0.1) is 0 Å². The van der Waals surface area contributed by atoms with E-state index >= 15 is 0 Å². The van der Waals surface area contributed by atoms with Crippen LogP contribution in [0.3, 0.4) is 0 Å². The van der Waals surface area contributed by atoms with Crippen LogP contribution in [0.5, 0.6) is 0 Å². The van der Waals surface area contributed by atoms with Gasteiger partial charge in [-0.3, -0.25) is 0 Å². The Morgan fingerprint density at radius 1 is 1.24 bits per heavy atom. The molecule has 0 aliphatic rings. The van der Waals surface area contributed by atoms with Crippen molar-refractivity contribution in [1.29, 1.82) is 0 Å². The summed E-state index contributed by atoms with van der Waals surface area (Å²) >= 11 is 0. The van der Waals surface area contributed by atoms with Gasteiger partial charge in [0, 0.05) is 18.0 Å². The summed E-state index contributed by atoms with van der Waals surface area (Å²) in [7, 11) is 0. The SMILES string of the molecule is CCCCCNc1nc(C(C)C)nc(N)c1C. The van der Waals surface area contributed by atoms with Gasteiger partial charge >= 0.3 is 0 Å². The molecule has 96 valence electrons. The van der Waals surface area contributed by atoms with E-state index in [1.54, 1.807) is 0 Å². The third kappa shape index (κ3) is 3.88. The maximum atomic E-state index is 5.90. The lowest BCUT2D eigenvalue weighted by Crippen LogP contribution is -2.11. The van der Waals surface area contributed by atoms with Crippen LogP contribution in [0.2, 0.25) is 0 Å². The number of hydrogen-bond acceptors (Lipinski definition) is 4. The lowest BCUT2D eigenvalue weighted by Gasteiger charge is -2.13. The van der Waals surface area contributed by atoms with Crippen LogP contribution in [0.15, 0.2) is 0 Å². The van der Waals surface area contributed by atoms with Crippen molar-refractivity contribution < 1.29 is 0 Å². The number of nitrogens with zero attached hydrogens (tertiary/aromatic N) is 2. The lowest BCUT2D eigenvalue weighted by molar-refractivity contribution is 0.736. The van der Waals surface area contributed by atoms with Crippen LogP contribution < -0.4 is 11.1 Å². The van der Waals surface area contributed by atoms with Gasteiger partial charge in [0.1, 0.15) is 17.5 Å². The standard InChI is InChI=1S/C13H24N4/c1-5-6-7-8-15-13-10(4)11(14)16-12(17-13)9(2)3/h9H,5-8H2,1-4H3,(H3,14,15,16,17). The van der Waals surface area contributed by atoms with E-state index in [1.807, 2.05) is 6.92 Å². The number of anilines is 2. The smallest absolute Gasteiger partial charge is 0.135 e. The molecule has 0 saturated carbocycles. The van der Waals surface area contributed by atoms with Crippen molar-refractivity contribution in [2.45, 2.75) is 52.9 Å². The quantitative estimate of drug-likeness (QED) is 0.745. The minimum Gasteiger partial charge on any atom is -0.383 e. The van der Waals surface area contributed by atoms with Crippen molar-refractivity contribution in [2.75, 3.05) is 17.6 Å². The first-order chi connectivity index (χ1) is 8.06. The molecule has 0 atom stereocenters. The molecule has 1 heterocycles. The molecule has 3 N–H and O–H groups in total. The van der Waals surface area contributed by atoms with Crippen LogP contribution in [0.1, 0.15) is 57.3 Å². The molecular weight excluding hydrogens is 212 g/mol. The average Bonchev–Trinajstić information content (AvgIpc) is 2.29. The fourth-order valence-electron chi connectivity index (χ4n) is 1.56. The Morgan fingerprint density at radius 2 is 1.94 bits per heavy atom. The highest BCUT2D eigenvalue weighted by molar-refractivity contribution is 5.54. The predicted molar refractivity (Wildman–Crippen MR) is 73.3 cm³/mol. The second-order valence-corrected chi connectivity index (χ2v) is 4.73. The Labute approximate surface area is 104 Å². The van der Waals surface area contributed by atoms with Crippen molar-refractivity contribution in [3.8, 4) is 0 Å². The summed E-state index contributed by atoms with van der Waals surface area (Å²) in [6.07, 6.45) is 3.63. The van der Waals surface area contributed by atoms with Gasteiger partial charge in [0.2, 0.25) is 0 Å². The number of hydrogen-bond donors (Lipinski definition) is 2. The molecule has 4 heteroatoms. The Morgan fingerprint density at radius 3 is 2.53 bits per heavy atom. The van der Waals surface area contributed by atoms with E-state index in [4.69, 9.17) is 5.73 Å². The van der Waals surface area contributed by atoms with Crippen molar-refractivity contribution in [1.82, 2.24) is 9.97 Å². The molecule has 0 unspecified atom stereocenters. The second kappa shape index (κ2) is 6.42. The Bertz CT molecular complexity index is 361. The monoisotopic (exact) mass is 236 g/mol. The fraction of sp³-hybridized carbons (Fsp3) is 0.692. The average molecular weight is 236 g/mol. The number of nitrogens with two attached hydrogens (primary N) is 1. The predicted octanol–water partition coefficient (Wildman–Crippen LogP) is 3.09. The van der Waals surface area contributed by atoms with Crippen LogP contribution in [0.4, 0.5) is 11.6 Å². The number of nitrogens with one attached hydrogen (secondary N) is 1. The minimum atomic E-state index is 0.300. The molecule has 0 aliphatic heterocycles. The first-order valence-corrected chi connectivity index (χ1v) is 6.44. The van der Waals surface area contributed by atoms with E-state index in [0.29, 0.717) is 11.7 Å². The highest BCUT2D eigenvalue weighted by Crippen LogP contribution is 2.20. The minimum absolute atomic E-state index is 0.300. The third-order valence-corrected chi connectivity index (χ3v) is 2.79. The molecule has 1 rings (SSSR count). The third-order valence-electron chi connectivity index (χ3n) is 2.79. The zero-order valence-corrected chi connectivity index (χ0v) is 11.4.